The minimum Gasteiger partial charge on any atom is -0.506 e. The van der Waals surface area contributed by atoms with Crippen LogP contribution >= 0.6 is 0 Å². The number of carbonyl (C=O) groups is 1. The van der Waals surface area contributed by atoms with Gasteiger partial charge in [-0.3, -0.25) is 9.10 Å². The Morgan fingerprint density at radius 3 is 2.48 bits per heavy atom. The van der Waals surface area contributed by atoms with Crippen LogP contribution in [0, 0.1) is 6.92 Å². The number of anilines is 1. The number of hydrogen-bond donors (Lipinski definition) is 2. The first-order valence-electron chi connectivity index (χ1n) is 13.0. The number of amides is 1. The van der Waals surface area contributed by atoms with E-state index >= 15 is 0 Å². The lowest BCUT2D eigenvalue weighted by Gasteiger charge is -2.20. The average molecular weight is 582 g/mol. The molecule has 42 heavy (non-hydrogen) atoms. The topological polar surface area (TPSA) is 130 Å². The van der Waals surface area contributed by atoms with Crippen LogP contribution in [0.1, 0.15) is 15.9 Å². The molecular weight excluding hydrogens is 554 g/mol. The van der Waals surface area contributed by atoms with Crippen molar-refractivity contribution in [3.8, 4) is 39.7 Å². The number of rotatable bonds is 6. The van der Waals surface area contributed by atoms with Crippen molar-refractivity contribution in [1.82, 2.24) is 19.9 Å². The molecule has 0 aliphatic rings. The highest BCUT2D eigenvalue weighted by Gasteiger charge is 2.26. The molecule has 0 fully saturated rings. The summed E-state index contributed by atoms with van der Waals surface area (Å²) < 4.78 is 34.5. The summed E-state index contributed by atoms with van der Waals surface area (Å²) in [6.45, 7) is 1.97. The normalized spacial score (nSPS) is 11.7. The predicted molar refractivity (Wildman–Crippen MR) is 162 cm³/mol. The van der Waals surface area contributed by atoms with Crippen molar-refractivity contribution in [1.29, 1.82) is 0 Å². The van der Waals surface area contributed by atoms with Crippen LogP contribution in [0.2, 0.25) is 0 Å². The van der Waals surface area contributed by atoms with Crippen LogP contribution in [0.3, 0.4) is 0 Å². The summed E-state index contributed by atoms with van der Waals surface area (Å²) in [5.41, 5.74) is 4.95. The largest absolute Gasteiger partial charge is 0.506 e. The van der Waals surface area contributed by atoms with E-state index in [-0.39, 0.29) is 23.0 Å². The zero-order valence-corrected chi connectivity index (χ0v) is 24.1. The zero-order chi connectivity index (χ0) is 29.8. The van der Waals surface area contributed by atoms with Crippen LogP contribution in [0.15, 0.2) is 83.4 Å². The van der Waals surface area contributed by atoms with E-state index in [4.69, 9.17) is 9.40 Å². The van der Waals surface area contributed by atoms with Crippen LogP contribution in [-0.4, -0.2) is 54.4 Å². The number of pyridine rings is 2. The second kappa shape index (κ2) is 10.0. The van der Waals surface area contributed by atoms with Gasteiger partial charge in [-0.15, -0.1) is 0 Å². The van der Waals surface area contributed by atoms with Gasteiger partial charge in [0, 0.05) is 42.9 Å². The third kappa shape index (κ3) is 4.63. The molecular formula is C31H27N5O5S. The van der Waals surface area contributed by atoms with Gasteiger partial charge >= 0.3 is 0 Å². The molecule has 0 unspecified atom stereocenters. The molecule has 11 heteroatoms. The summed E-state index contributed by atoms with van der Waals surface area (Å²) in [7, 11) is -0.730. The van der Waals surface area contributed by atoms with Crippen LogP contribution in [0.25, 0.3) is 50.5 Å². The summed E-state index contributed by atoms with van der Waals surface area (Å²) >= 11 is 0. The van der Waals surface area contributed by atoms with Gasteiger partial charge in [0.2, 0.25) is 10.0 Å². The van der Waals surface area contributed by atoms with Gasteiger partial charge in [0.1, 0.15) is 28.5 Å². The number of nitrogens with zero attached hydrogens (tertiary/aromatic N) is 4. The van der Waals surface area contributed by atoms with Crippen molar-refractivity contribution in [3.63, 3.8) is 0 Å². The van der Waals surface area contributed by atoms with E-state index in [0.717, 1.165) is 21.6 Å². The zero-order valence-electron chi connectivity index (χ0n) is 23.3. The smallest absolute Gasteiger partial charge is 0.255 e. The second-order valence-electron chi connectivity index (χ2n) is 10.0. The lowest BCUT2D eigenvalue weighted by Crippen LogP contribution is -2.25. The van der Waals surface area contributed by atoms with Crippen molar-refractivity contribution in [3.05, 3.63) is 90.1 Å². The predicted octanol–water partition coefficient (Wildman–Crippen LogP) is 5.25. The molecule has 0 atom stereocenters. The molecule has 1 amide bonds. The van der Waals surface area contributed by atoms with E-state index < -0.39 is 10.0 Å². The standard InChI is InChI=1S/C31H27N5O5S/c1-18-8-10-19(11-9-18)30-28(31(38)32-2)22-16-21(25(17-27(22)41-30)35(3)42(4,39)40)23-12-13-26(37)29(33-23)24-15-20-7-5-6-14-36(20)34-24/h5-17,37H,1-4H3,(H,32,38). The molecule has 4 aromatic heterocycles. The molecule has 0 spiro atoms. The van der Waals surface area contributed by atoms with Gasteiger partial charge in [0.25, 0.3) is 5.91 Å². The molecule has 6 aromatic rings. The monoisotopic (exact) mass is 581 g/mol. The van der Waals surface area contributed by atoms with E-state index in [9.17, 15) is 18.3 Å². The Bertz CT molecular complexity index is 2080. The van der Waals surface area contributed by atoms with Gasteiger partial charge in [0.05, 0.1) is 28.7 Å². The van der Waals surface area contributed by atoms with Crippen LogP contribution < -0.4 is 9.62 Å². The molecule has 0 saturated carbocycles. The van der Waals surface area contributed by atoms with Crippen LogP contribution in [0.4, 0.5) is 5.69 Å². The summed E-state index contributed by atoms with van der Waals surface area (Å²) in [6.07, 6.45) is 2.89. The van der Waals surface area contributed by atoms with Gasteiger partial charge in [0.15, 0.2) is 0 Å². The lowest BCUT2D eigenvalue weighted by molar-refractivity contribution is 0.0964. The minimum absolute atomic E-state index is 0.0859. The van der Waals surface area contributed by atoms with E-state index in [1.807, 2.05) is 49.4 Å². The molecule has 2 aromatic carbocycles. The fraction of sp³-hybridized carbons (Fsp3) is 0.129. The third-order valence-corrected chi connectivity index (χ3v) is 8.37. The van der Waals surface area contributed by atoms with Gasteiger partial charge in [-0.1, -0.05) is 35.9 Å². The number of fused-ring (bicyclic) bond motifs is 2. The minimum atomic E-state index is -3.70. The first kappa shape index (κ1) is 27.0. The average Bonchev–Trinajstić information content (AvgIpc) is 3.57. The van der Waals surface area contributed by atoms with Gasteiger partial charge in [-0.2, -0.15) is 5.10 Å². The van der Waals surface area contributed by atoms with Crippen LogP contribution in [0.5, 0.6) is 5.75 Å². The maximum absolute atomic E-state index is 13.2. The van der Waals surface area contributed by atoms with Gasteiger partial charge in [-0.05, 0) is 43.3 Å². The number of aryl methyl sites for hydroxylation is 1. The molecule has 212 valence electrons. The maximum atomic E-state index is 13.2. The van der Waals surface area contributed by atoms with E-state index in [1.165, 1.54) is 20.2 Å². The lowest BCUT2D eigenvalue weighted by atomic mass is 10.00. The SMILES string of the molecule is CNC(=O)c1c(-c2ccc(C)cc2)oc2cc(N(C)S(C)(=O)=O)c(-c3ccc(O)c(-c4cc5ccccn5n4)n3)cc12. The Morgan fingerprint density at radius 2 is 1.79 bits per heavy atom. The van der Waals surface area contributed by atoms with Crippen molar-refractivity contribution in [2.45, 2.75) is 6.92 Å². The Balaban J connectivity index is 1.63. The second-order valence-corrected chi connectivity index (χ2v) is 12.0. The summed E-state index contributed by atoms with van der Waals surface area (Å²) in [6, 6.07) is 21.4. The van der Waals surface area contributed by atoms with Gasteiger partial charge in [-0.25, -0.2) is 17.9 Å². The summed E-state index contributed by atoms with van der Waals surface area (Å²) in [5.74, 6) is -0.0840. The number of benzene rings is 2. The quantitative estimate of drug-likeness (QED) is 0.275. The highest BCUT2D eigenvalue weighted by molar-refractivity contribution is 7.92. The number of sulfonamides is 1. The number of hydrogen-bond acceptors (Lipinski definition) is 7. The Labute approximate surface area is 241 Å². The fourth-order valence-corrected chi connectivity index (χ4v) is 5.39. The number of nitrogens with one attached hydrogen (secondary N) is 1. The van der Waals surface area contributed by atoms with E-state index in [0.29, 0.717) is 44.8 Å². The molecule has 0 saturated heterocycles. The molecule has 10 nitrogen and oxygen atoms in total. The fourth-order valence-electron chi connectivity index (χ4n) is 4.88. The molecule has 0 aliphatic carbocycles. The first-order valence-corrected chi connectivity index (χ1v) is 14.9. The van der Waals surface area contributed by atoms with E-state index in [2.05, 4.69) is 10.4 Å². The maximum Gasteiger partial charge on any atom is 0.255 e. The highest BCUT2D eigenvalue weighted by atomic mass is 32.2. The number of carbonyl (C=O) groups excluding carboxylic acids is 1. The van der Waals surface area contributed by atoms with Crippen molar-refractivity contribution in [2.75, 3.05) is 24.7 Å². The number of aromatic nitrogens is 3. The first-order chi connectivity index (χ1) is 20.0. The molecule has 2 N–H and O–H groups in total. The Hall–Kier alpha value is -5.16. The van der Waals surface area contributed by atoms with Gasteiger partial charge < -0.3 is 14.8 Å². The van der Waals surface area contributed by atoms with Crippen molar-refractivity contribution < 1.29 is 22.7 Å². The number of aromatic hydroxyl groups is 1. The molecule has 6 rings (SSSR count). The Morgan fingerprint density at radius 1 is 1.02 bits per heavy atom. The van der Waals surface area contributed by atoms with Crippen molar-refractivity contribution >= 4 is 38.1 Å². The molecule has 0 radical (unpaired) electrons. The Kier molecular flexibility index (Phi) is 6.46. The third-order valence-electron chi connectivity index (χ3n) is 7.17. The molecule has 0 bridgehead atoms. The molecule has 4 heterocycles. The highest BCUT2D eigenvalue weighted by Crippen LogP contribution is 2.42. The summed E-state index contributed by atoms with van der Waals surface area (Å²) in [5, 5.41) is 18.5. The van der Waals surface area contributed by atoms with Crippen LogP contribution in [-0.2, 0) is 10.0 Å². The van der Waals surface area contributed by atoms with Crippen molar-refractivity contribution in [2.24, 2.45) is 0 Å². The molecule has 0 aliphatic heterocycles. The van der Waals surface area contributed by atoms with E-state index in [1.54, 1.807) is 35.0 Å². The number of furan rings is 1. The summed E-state index contributed by atoms with van der Waals surface area (Å²) in [4.78, 5) is 17.9.